The van der Waals surface area contributed by atoms with Gasteiger partial charge in [-0.25, -0.2) is 9.59 Å². The van der Waals surface area contributed by atoms with E-state index in [4.69, 9.17) is 9.84 Å². The Bertz CT molecular complexity index is 315. The molecule has 6 heteroatoms. The molecule has 18 heavy (non-hydrogen) atoms. The second-order valence-corrected chi connectivity index (χ2v) is 3.83. The van der Waals surface area contributed by atoms with Crippen LogP contribution in [0.3, 0.4) is 0 Å². The summed E-state index contributed by atoms with van der Waals surface area (Å²) < 4.78 is 5.17. The summed E-state index contributed by atoms with van der Waals surface area (Å²) in [5, 5.41) is 13.6. The zero-order chi connectivity index (χ0) is 14.0. The van der Waals surface area contributed by atoms with Gasteiger partial charge in [0, 0.05) is 6.54 Å². The van der Waals surface area contributed by atoms with Crippen LogP contribution in [0, 0.1) is 0 Å². The molecule has 102 valence electrons. The average molecular weight is 256 g/mol. The molecule has 0 aliphatic heterocycles. The summed E-state index contributed by atoms with van der Waals surface area (Å²) >= 11 is 0. The fourth-order valence-corrected chi connectivity index (χ4v) is 1.08. The van der Waals surface area contributed by atoms with E-state index in [1.54, 1.807) is 0 Å². The average Bonchev–Trinajstić information content (AvgIpc) is 2.27. The highest BCUT2D eigenvalue weighted by Crippen LogP contribution is 1.92. The Hall–Kier alpha value is -1.82. The van der Waals surface area contributed by atoms with Gasteiger partial charge in [-0.05, 0) is 13.3 Å². The molecule has 0 saturated heterocycles. The van der Waals surface area contributed by atoms with Gasteiger partial charge in [0.05, 0.1) is 13.2 Å². The molecular weight excluding hydrogens is 236 g/mol. The first-order chi connectivity index (χ1) is 8.47. The van der Waals surface area contributed by atoms with Crippen LogP contribution in [-0.4, -0.2) is 42.9 Å². The van der Waals surface area contributed by atoms with Crippen molar-refractivity contribution in [2.75, 3.05) is 19.8 Å². The number of carboxylic acid groups (broad SMARTS) is 1. The number of urea groups is 1. The normalized spacial score (nSPS) is 11.4. The van der Waals surface area contributed by atoms with Gasteiger partial charge < -0.3 is 20.5 Å². The van der Waals surface area contributed by atoms with E-state index < -0.39 is 18.0 Å². The third-order valence-corrected chi connectivity index (χ3v) is 1.89. The van der Waals surface area contributed by atoms with Crippen molar-refractivity contribution in [3.05, 3.63) is 24.8 Å². The monoisotopic (exact) mass is 256 g/mol. The van der Waals surface area contributed by atoms with Gasteiger partial charge >= 0.3 is 12.0 Å². The van der Waals surface area contributed by atoms with Crippen molar-refractivity contribution < 1.29 is 19.4 Å². The lowest BCUT2D eigenvalue weighted by molar-refractivity contribution is -0.139. The summed E-state index contributed by atoms with van der Waals surface area (Å²) in [6, 6.07) is -1.50. The Labute approximate surface area is 107 Å². The highest BCUT2D eigenvalue weighted by molar-refractivity contribution is 5.82. The maximum absolute atomic E-state index is 11.3. The Morgan fingerprint density at radius 2 is 2.17 bits per heavy atom. The molecular formula is C12H20N2O4. The van der Waals surface area contributed by atoms with Crippen molar-refractivity contribution >= 4 is 12.0 Å². The molecule has 0 aromatic carbocycles. The van der Waals surface area contributed by atoms with Gasteiger partial charge in [-0.1, -0.05) is 18.2 Å². The molecule has 0 spiro atoms. The van der Waals surface area contributed by atoms with E-state index in [0.29, 0.717) is 19.8 Å². The predicted octanol–water partition coefficient (Wildman–Crippen LogP) is 0.908. The summed E-state index contributed by atoms with van der Waals surface area (Å²) in [5.41, 5.74) is 0.899. The van der Waals surface area contributed by atoms with E-state index in [2.05, 4.69) is 23.8 Å². The Morgan fingerprint density at radius 3 is 2.67 bits per heavy atom. The quantitative estimate of drug-likeness (QED) is 0.422. The largest absolute Gasteiger partial charge is 0.480 e. The number of aliphatic carboxylic acids is 1. The van der Waals surface area contributed by atoms with Crippen molar-refractivity contribution in [2.24, 2.45) is 0 Å². The predicted molar refractivity (Wildman–Crippen MR) is 68.4 cm³/mol. The molecule has 2 amide bonds. The molecule has 0 heterocycles. The molecule has 3 N–H and O–H groups in total. The smallest absolute Gasteiger partial charge is 0.326 e. The standard InChI is InChI=1S/C12H20N2O4/c1-4-5-10(11(15)16)14-12(17)13-6-7-18-8-9(2)3/h4,10H,1-2,5-8H2,3H3,(H,15,16)(H2,13,14,17). The highest BCUT2D eigenvalue weighted by atomic mass is 16.5. The number of amides is 2. The van der Waals surface area contributed by atoms with Crippen LogP contribution in [0.15, 0.2) is 24.8 Å². The topological polar surface area (TPSA) is 87.7 Å². The molecule has 0 bridgehead atoms. The minimum absolute atomic E-state index is 0.176. The fourth-order valence-electron chi connectivity index (χ4n) is 1.08. The number of nitrogens with one attached hydrogen (secondary N) is 2. The molecule has 0 aliphatic rings. The molecule has 1 atom stereocenters. The van der Waals surface area contributed by atoms with Gasteiger partial charge in [-0.2, -0.15) is 0 Å². The van der Waals surface area contributed by atoms with E-state index in [-0.39, 0.29) is 6.42 Å². The first kappa shape index (κ1) is 16.2. The molecule has 0 radical (unpaired) electrons. The van der Waals surface area contributed by atoms with Gasteiger partial charge in [-0.15, -0.1) is 6.58 Å². The lowest BCUT2D eigenvalue weighted by atomic mass is 10.2. The zero-order valence-corrected chi connectivity index (χ0v) is 10.6. The van der Waals surface area contributed by atoms with Crippen LogP contribution >= 0.6 is 0 Å². The maximum atomic E-state index is 11.3. The van der Waals surface area contributed by atoms with Crippen molar-refractivity contribution in [1.82, 2.24) is 10.6 Å². The number of hydrogen-bond donors (Lipinski definition) is 3. The minimum Gasteiger partial charge on any atom is -0.480 e. The van der Waals surface area contributed by atoms with Gasteiger partial charge in [0.1, 0.15) is 6.04 Å². The summed E-state index contributed by atoms with van der Waals surface area (Å²) in [5.74, 6) is -1.09. The molecule has 6 nitrogen and oxygen atoms in total. The summed E-state index contributed by atoms with van der Waals surface area (Å²) in [7, 11) is 0. The molecule has 1 unspecified atom stereocenters. The van der Waals surface area contributed by atoms with Crippen molar-refractivity contribution in [3.63, 3.8) is 0 Å². The number of hydrogen-bond acceptors (Lipinski definition) is 3. The maximum Gasteiger partial charge on any atom is 0.326 e. The Balaban J connectivity index is 3.78. The summed E-state index contributed by atoms with van der Waals surface area (Å²) in [6.07, 6.45) is 1.62. The Kier molecular flexibility index (Phi) is 8.30. The number of carboxylic acids is 1. The molecule has 0 aromatic rings. The zero-order valence-electron chi connectivity index (χ0n) is 10.6. The third kappa shape index (κ3) is 8.35. The first-order valence-corrected chi connectivity index (χ1v) is 5.57. The number of carbonyl (C=O) groups is 2. The van der Waals surface area contributed by atoms with E-state index in [1.807, 2.05) is 6.92 Å². The summed E-state index contributed by atoms with van der Waals surface area (Å²) in [6.45, 7) is 10.0. The first-order valence-electron chi connectivity index (χ1n) is 5.57. The van der Waals surface area contributed by atoms with Gasteiger partial charge in [0.15, 0.2) is 0 Å². The van der Waals surface area contributed by atoms with E-state index in [0.717, 1.165) is 5.57 Å². The molecule has 0 saturated carbocycles. The van der Waals surface area contributed by atoms with Crippen LogP contribution in [0.25, 0.3) is 0 Å². The summed E-state index contributed by atoms with van der Waals surface area (Å²) in [4.78, 5) is 22.1. The molecule has 0 rings (SSSR count). The van der Waals surface area contributed by atoms with Crippen molar-refractivity contribution in [1.29, 1.82) is 0 Å². The van der Waals surface area contributed by atoms with Gasteiger partial charge in [0.2, 0.25) is 0 Å². The molecule has 0 aliphatic carbocycles. The SMILES string of the molecule is C=CCC(NC(=O)NCCOCC(=C)C)C(=O)O. The van der Waals surface area contributed by atoms with Crippen LogP contribution in [0.1, 0.15) is 13.3 Å². The third-order valence-electron chi connectivity index (χ3n) is 1.89. The van der Waals surface area contributed by atoms with E-state index in [9.17, 15) is 9.59 Å². The lowest BCUT2D eigenvalue weighted by Gasteiger charge is -2.13. The van der Waals surface area contributed by atoms with Crippen LogP contribution in [0.5, 0.6) is 0 Å². The van der Waals surface area contributed by atoms with E-state index >= 15 is 0 Å². The lowest BCUT2D eigenvalue weighted by Crippen LogP contribution is -2.46. The highest BCUT2D eigenvalue weighted by Gasteiger charge is 2.17. The second kappa shape index (κ2) is 9.23. The number of rotatable bonds is 9. The van der Waals surface area contributed by atoms with Crippen molar-refractivity contribution in [3.8, 4) is 0 Å². The molecule has 0 fully saturated rings. The second-order valence-electron chi connectivity index (χ2n) is 3.83. The molecule has 0 aromatic heterocycles. The van der Waals surface area contributed by atoms with Crippen LogP contribution in [0.4, 0.5) is 4.79 Å². The van der Waals surface area contributed by atoms with Crippen LogP contribution < -0.4 is 10.6 Å². The number of carbonyl (C=O) groups excluding carboxylic acids is 1. The Morgan fingerprint density at radius 1 is 1.50 bits per heavy atom. The van der Waals surface area contributed by atoms with Gasteiger partial charge in [0.25, 0.3) is 0 Å². The van der Waals surface area contributed by atoms with Crippen molar-refractivity contribution in [2.45, 2.75) is 19.4 Å². The fraction of sp³-hybridized carbons (Fsp3) is 0.500. The number of ether oxygens (including phenoxy) is 1. The minimum atomic E-state index is -1.09. The van der Waals surface area contributed by atoms with Gasteiger partial charge in [-0.3, -0.25) is 0 Å². The van der Waals surface area contributed by atoms with E-state index in [1.165, 1.54) is 6.08 Å². The van der Waals surface area contributed by atoms with Crippen LogP contribution in [-0.2, 0) is 9.53 Å². The van der Waals surface area contributed by atoms with Crippen LogP contribution in [0.2, 0.25) is 0 Å².